The highest BCUT2D eigenvalue weighted by atomic mass is 35.5. The van der Waals surface area contributed by atoms with Gasteiger partial charge in [0.05, 0.1) is 16.8 Å². The van der Waals surface area contributed by atoms with Crippen molar-refractivity contribution in [3.05, 3.63) is 88.4 Å². The summed E-state index contributed by atoms with van der Waals surface area (Å²) in [5, 5.41) is 23.6. The molecule has 1 aliphatic carbocycles. The van der Waals surface area contributed by atoms with Crippen LogP contribution in [-0.2, 0) is 4.74 Å². The number of hydrogen-bond acceptors (Lipinski definition) is 5. The Morgan fingerprint density at radius 1 is 1.03 bits per heavy atom. The second-order valence-electron chi connectivity index (χ2n) is 7.83. The van der Waals surface area contributed by atoms with E-state index in [0.717, 1.165) is 22.3 Å². The molecule has 0 spiro atoms. The maximum absolute atomic E-state index is 12.2. The molecule has 0 heterocycles. The summed E-state index contributed by atoms with van der Waals surface area (Å²) < 4.78 is 5.47. The molecule has 32 heavy (non-hydrogen) atoms. The van der Waals surface area contributed by atoms with E-state index in [1.54, 1.807) is 12.1 Å². The zero-order chi connectivity index (χ0) is 22.7. The number of alkyl carbamates (subject to hydrolysis) is 1. The van der Waals surface area contributed by atoms with Gasteiger partial charge in [-0.15, -0.1) is 0 Å². The lowest BCUT2D eigenvalue weighted by atomic mass is 9.98. The molecular weight excluding hydrogens is 428 g/mol. The number of rotatable bonds is 7. The van der Waals surface area contributed by atoms with Crippen molar-refractivity contribution in [2.75, 3.05) is 18.9 Å². The zero-order valence-electron chi connectivity index (χ0n) is 17.4. The van der Waals surface area contributed by atoms with Gasteiger partial charge in [-0.3, -0.25) is 0 Å². The Hall–Kier alpha value is -3.06. The van der Waals surface area contributed by atoms with Gasteiger partial charge in [0.2, 0.25) is 0 Å². The summed E-state index contributed by atoms with van der Waals surface area (Å²) in [5.74, 6) is -0.0177. The number of fused-ring (bicyclic) bond motifs is 3. The molecular formula is C25H25ClN2O4. The van der Waals surface area contributed by atoms with E-state index in [2.05, 4.69) is 29.6 Å². The first-order valence-electron chi connectivity index (χ1n) is 10.5. The van der Waals surface area contributed by atoms with Crippen molar-refractivity contribution in [3.63, 3.8) is 0 Å². The number of nitrogen functional groups attached to an aromatic ring is 1. The molecule has 0 fully saturated rings. The van der Waals surface area contributed by atoms with Gasteiger partial charge in [0.15, 0.2) is 0 Å². The van der Waals surface area contributed by atoms with Crippen molar-refractivity contribution in [3.8, 4) is 11.1 Å². The van der Waals surface area contributed by atoms with Gasteiger partial charge in [0, 0.05) is 12.5 Å². The molecule has 0 aliphatic heterocycles. The van der Waals surface area contributed by atoms with Gasteiger partial charge in [-0.25, -0.2) is 4.79 Å². The normalized spacial score (nSPS) is 14.3. The molecule has 3 aromatic rings. The lowest BCUT2D eigenvalue weighted by molar-refractivity contribution is 0.0137. The number of aliphatic hydroxyl groups excluding tert-OH is 2. The van der Waals surface area contributed by atoms with Crippen LogP contribution in [0.4, 0.5) is 10.5 Å². The molecule has 5 N–H and O–H groups in total. The molecule has 7 heteroatoms. The fourth-order valence-corrected chi connectivity index (χ4v) is 4.22. The fraction of sp³-hybridized carbons (Fsp3) is 0.240. The Morgan fingerprint density at radius 3 is 2.28 bits per heavy atom. The van der Waals surface area contributed by atoms with Crippen LogP contribution >= 0.6 is 11.6 Å². The molecule has 0 aromatic heterocycles. The summed E-state index contributed by atoms with van der Waals surface area (Å²) in [6.07, 6.45) is -2.64. The average Bonchev–Trinajstić information content (AvgIpc) is 3.12. The van der Waals surface area contributed by atoms with Crippen molar-refractivity contribution >= 4 is 23.4 Å². The number of anilines is 1. The van der Waals surface area contributed by atoms with E-state index < -0.39 is 18.3 Å². The topological polar surface area (TPSA) is 105 Å². The van der Waals surface area contributed by atoms with Gasteiger partial charge in [-0.2, -0.15) is 0 Å². The first-order valence-corrected chi connectivity index (χ1v) is 10.8. The largest absolute Gasteiger partial charge is 0.449 e. The van der Waals surface area contributed by atoms with E-state index in [4.69, 9.17) is 22.1 Å². The zero-order valence-corrected chi connectivity index (χ0v) is 18.1. The van der Waals surface area contributed by atoms with Gasteiger partial charge >= 0.3 is 6.09 Å². The Balaban J connectivity index is 1.28. The van der Waals surface area contributed by atoms with Crippen LogP contribution in [0.1, 0.15) is 35.1 Å². The van der Waals surface area contributed by atoms with E-state index in [9.17, 15) is 15.0 Å². The van der Waals surface area contributed by atoms with Crippen LogP contribution in [-0.4, -0.2) is 35.6 Å². The van der Waals surface area contributed by atoms with Crippen molar-refractivity contribution in [2.24, 2.45) is 0 Å². The first-order chi connectivity index (χ1) is 15.5. The number of nitrogens with one attached hydrogen (secondary N) is 1. The van der Waals surface area contributed by atoms with E-state index in [0.29, 0.717) is 16.3 Å². The predicted molar refractivity (Wildman–Crippen MR) is 125 cm³/mol. The Morgan fingerprint density at radius 2 is 1.66 bits per heavy atom. The van der Waals surface area contributed by atoms with Crippen molar-refractivity contribution in [2.45, 2.75) is 24.5 Å². The minimum Gasteiger partial charge on any atom is -0.449 e. The van der Waals surface area contributed by atoms with Crippen LogP contribution in [0.3, 0.4) is 0 Å². The van der Waals surface area contributed by atoms with Crippen LogP contribution in [0.2, 0.25) is 5.02 Å². The monoisotopic (exact) mass is 452 g/mol. The van der Waals surface area contributed by atoms with Crippen LogP contribution in [0.15, 0.2) is 66.7 Å². The molecule has 0 bridgehead atoms. The number of ether oxygens (including phenoxy) is 1. The van der Waals surface area contributed by atoms with Gasteiger partial charge in [0.25, 0.3) is 0 Å². The molecule has 2 unspecified atom stereocenters. The summed E-state index contributed by atoms with van der Waals surface area (Å²) in [6, 6.07) is 20.9. The Kier molecular flexibility index (Phi) is 6.65. The van der Waals surface area contributed by atoms with Crippen molar-refractivity contribution in [1.82, 2.24) is 5.32 Å². The lowest BCUT2D eigenvalue weighted by Gasteiger charge is -2.19. The molecule has 0 saturated heterocycles. The van der Waals surface area contributed by atoms with Gasteiger partial charge in [-0.05, 0) is 46.4 Å². The summed E-state index contributed by atoms with van der Waals surface area (Å²) >= 11 is 5.89. The van der Waals surface area contributed by atoms with E-state index in [-0.39, 0.29) is 25.5 Å². The van der Waals surface area contributed by atoms with Crippen molar-refractivity contribution in [1.29, 1.82) is 0 Å². The van der Waals surface area contributed by atoms with Crippen LogP contribution in [0.25, 0.3) is 11.1 Å². The second-order valence-corrected chi connectivity index (χ2v) is 8.24. The van der Waals surface area contributed by atoms with Gasteiger partial charge in [-0.1, -0.05) is 66.2 Å². The molecule has 2 atom stereocenters. The van der Waals surface area contributed by atoms with Crippen LogP contribution in [0, 0.1) is 0 Å². The quantitative estimate of drug-likeness (QED) is 0.401. The summed E-state index contributed by atoms with van der Waals surface area (Å²) in [4.78, 5) is 12.2. The molecule has 6 nitrogen and oxygen atoms in total. The number of amides is 1. The van der Waals surface area contributed by atoms with Gasteiger partial charge < -0.3 is 26.0 Å². The summed E-state index contributed by atoms with van der Waals surface area (Å²) in [5.41, 5.74) is 11.1. The average molecular weight is 453 g/mol. The minimum absolute atomic E-state index is 0.0177. The Bertz CT molecular complexity index is 1080. The predicted octanol–water partition coefficient (Wildman–Crippen LogP) is 4.25. The number of carbonyl (C=O) groups is 1. The van der Waals surface area contributed by atoms with E-state index >= 15 is 0 Å². The number of carbonyl (C=O) groups excluding carboxylic acids is 1. The lowest BCUT2D eigenvalue weighted by Crippen LogP contribution is -2.30. The number of benzene rings is 3. The molecule has 1 aliphatic rings. The highest BCUT2D eigenvalue weighted by Crippen LogP contribution is 2.44. The van der Waals surface area contributed by atoms with E-state index in [1.165, 1.54) is 6.07 Å². The highest BCUT2D eigenvalue weighted by molar-refractivity contribution is 6.33. The number of aliphatic hydroxyl groups is 2. The number of nitrogens with two attached hydrogens (primary N) is 1. The SMILES string of the molecule is Nc1cc(C(O)C(O)CCNC(=O)OCC2c3ccccc3-c3ccccc32)ccc1Cl. The smallest absolute Gasteiger partial charge is 0.407 e. The van der Waals surface area contributed by atoms with Crippen molar-refractivity contribution < 1.29 is 19.7 Å². The maximum Gasteiger partial charge on any atom is 0.407 e. The molecule has 1 amide bonds. The Labute approximate surface area is 191 Å². The third kappa shape index (κ3) is 4.58. The highest BCUT2D eigenvalue weighted by Gasteiger charge is 2.29. The maximum atomic E-state index is 12.2. The molecule has 166 valence electrons. The van der Waals surface area contributed by atoms with Gasteiger partial charge in [0.1, 0.15) is 12.7 Å². The number of halogens is 1. The molecule has 3 aromatic carbocycles. The first kappa shape index (κ1) is 22.1. The van der Waals surface area contributed by atoms with Crippen LogP contribution in [0.5, 0.6) is 0 Å². The fourth-order valence-electron chi connectivity index (χ4n) is 4.10. The molecule has 4 rings (SSSR count). The number of hydrogen-bond donors (Lipinski definition) is 4. The minimum atomic E-state index is -1.14. The van der Waals surface area contributed by atoms with Crippen LogP contribution < -0.4 is 11.1 Å². The second kappa shape index (κ2) is 9.61. The third-order valence-corrected chi connectivity index (χ3v) is 6.12. The van der Waals surface area contributed by atoms with E-state index in [1.807, 2.05) is 24.3 Å². The summed E-state index contributed by atoms with van der Waals surface area (Å²) in [6.45, 7) is 0.368. The summed E-state index contributed by atoms with van der Waals surface area (Å²) in [7, 11) is 0. The molecule has 0 radical (unpaired) electrons. The molecule has 0 saturated carbocycles. The third-order valence-electron chi connectivity index (χ3n) is 5.78. The standard InChI is InChI=1S/C25H25ClN2O4/c26-21-10-9-15(13-22(21)27)24(30)23(29)11-12-28-25(31)32-14-20-18-7-3-1-5-16(18)17-6-2-4-8-19(17)20/h1-10,13,20,23-24,29-30H,11-12,14,27H2,(H,28,31).